The van der Waals surface area contributed by atoms with Gasteiger partial charge < -0.3 is 10.2 Å². The summed E-state index contributed by atoms with van der Waals surface area (Å²) in [6, 6.07) is 2.50. The van der Waals surface area contributed by atoms with Gasteiger partial charge in [-0.05, 0) is 19.1 Å². The Labute approximate surface area is 103 Å². The van der Waals surface area contributed by atoms with Gasteiger partial charge in [0.15, 0.2) is 5.12 Å². The maximum atomic E-state index is 13.0. The number of aliphatic hydroxyl groups is 2. The Bertz CT molecular complexity index is 414. The van der Waals surface area contributed by atoms with Gasteiger partial charge in [-0.15, -0.1) is 0 Å². The smallest absolute Gasteiger partial charge is 0.185 e. The highest BCUT2D eigenvalue weighted by Crippen LogP contribution is 2.19. The second-order valence-corrected chi connectivity index (χ2v) is 4.82. The summed E-state index contributed by atoms with van der Waals surface area (Å²) in [4.78, 5) is 14.6. The standard InChI is InChI=1S/C11H14FNO3S/c1-6-8(12)3-4-9(13-6)11(16)10(15)5-17-7(2)14/h3-4,10-11,15-16H,5H2,1-2H3. The first-order valence-corrected chi connectivity index (χ1v) is 6.03. The van der Waals surface area contributed by atoms with E-state index in [-0.39, 0.29) is 22.3 Å². The molecule has 2 unspecified atom stereocenters. The topological polar surface area (TPSA) is 70.4 Å². The molecule has 0 radical (unpaired) electrons. The highest BCUT2D eigenvalue weighted by Gasteiger charge is 2.20. The van der Waals surface area contributed by atoms with E-state index in [0.29, 0.717) is 0 Å². The molecule has 0 spiro atoms. The summed E-state index contributed by atoms with van der Waals surface area (Å²) in [6.45, 7) is 2.85. The van der Waals surface area contributed by atoms with Crippen molar-refractivity contribution in [2.24, 2.45) is 0 Å². The van der Waals surface area contributed by atoms with Gasteiger partial charge in [-0.3, -0.25) is 9.78 Å². The first-order chi connectivity index (χ1) is 7.91. The predicted molar refractivity (Wildman–Crippen MR) is 63.0 cm³/mol. The lowest BCUT2D eigenvalue weighted by Crippen LogP contribution is -2.22. The van der Waals surface area contributed by atoms with Crippen molar-refractivity contribution in [1.29, 1.82) is 0 Å². The zero-order valence-corrected chi connectivity index (χ0v) is 10.4. The van der Waals surface area contributed by atoms with Gasteiger partial charge in [-0.25, -0.2) is 4.39 Å². The molecule has 6 heteroatoms. The van der Waals surface area contributed by atoms with E-state index in [9.17, 15) is 19.4 Å². The van der Waals surface area contributed by atoms with Crippen LogP contribution in [0.4, 0.5) is 4.39 Å². The minimum absolute atomic E-state index is 0.0780. The van der Waals surface area contributed by atoms with E-state index in [1.54, 1.807) is 0 Å². The highest BCUT2D eigenvalue weighted by molar-refractivity contribution is 8.13. The molecule has 2 atom stereocenters. The van der Waals surface area contributed by atoms with Crippen molar-refractivity contribution in [2.75, 3.05) is 5.75 Å². The Morgan fingerprint density at radius 2 is 2.18 bits per heavy atom. The summed E-state index contributed by atoms with van der Waals surface area (Å²) >= 11 is 0.919. The van der Waals surface area contributed by atoms with Crippen LogP contribution >= 0.6 is 11.8 Å². The van der Waals surface area contributed by atoms with E-state index >= 15 is 0 Å². The van der Waals surface area contributed by atoms with Crippen molar-refractivity contribution in [2.45, 2.75) is 26.1 Å². The van der Waals surface area contributed by atoms with Crippen LogP contribution in [0.2, 0.25) is 0 Å². The summed E-state index contributed by atoms with van der Waals surface area (Å²) < 4.78 is 13.0. The lowest BCUT2D eigenvalue weighted by Gasteiger charge is -2.16. The minimum Gasteiger partial charge on any atom is -0.389 e. The van der Waals surface area contributed by atoms with Crippen LogP contribution in [-0.2, 0) is 4.79 Å². The number of rotatable bonds is 4. The van der Waals surface area contributed by atoms with Gasteiger partial charge in [0.2, 0.25) is 0 Å². The first kappa shape index (κ1) is 14.1. The molecule has 0 saturated carbocycles. The molecule has 0 aliphatic heterocycles. The third-order valence-corrected chi connectivity index (χ3v) is 3.08. The number of carbonyl (C=O) groups excluding carboxylic acids is 1. The molecule has 0 amide bonds. The zero-order chi connectivity index (χ0) is 13.0. The minimum atomic E-state index is -1.22. The second-order valence-electron chi connectivity index (χ2n) is 3.62. The molecule has 0 fully saturated rings. The summed E-state index contributed by atoms with van der Waals surface area (Å²) in [5.41, 5.74) is 0.355. The Morgan fingerprint density at radius 1 is 1.53 bits per heavy atom. The number of aliphatic hydroxyl groups excluding tert-OH is 2. The molecule has 0 saturated heterocycles. The van der Waals surface area contributed by atoms with E-state index in [4.69, 9.17) is 0 Å². The SMILES string of the molecule is CC(=O)SCC(O)C(O)c1ccc(F)c(C)n1. The molecular weight excluding hydrogens is 245 g/mol. The molecule has 1 aromatic heterocycles. The number of aryl methyl sites for hydroxylation is 1. The van der Waals surface area contributed by atoms with Crippen molar-refractivity contribution < 1.29 is 19.4 Å². The lowest BCUT2D eigenvalue weighted by molar-refractivity contribution is -0.109. The van der Waals surface area contributed by atoms with Crippen LogP contribution in [0.1, 0.15) is 24.4 Å². The molecule has 17 heavy (non-hydrogen) atoms. The molecule has 4 nitrogen and oxygen atoms in total. The predicted octanol–water partition coefficient (Wildman–Crippen LogP) is 1.20. The van der Waals surface area contributed by atoms with Crippen LogP contribution in [0.25, 0.3) is 0 Å². The van der Waals surface area contributed by atoms with Crippen LogP contribution in [0.15, 0.2) is 12.1 Å². The maximum Gasteiger partial charge on any atom is 0.185 e. The van der Waals surface area contributed by atoms with Crippen molar-refractivity contribution in [1.82, 2.24) is 4.98 Å². The van der Waals surface area contributed by atoms with Crippen molar-refractivity contribution in [3.63, 3.8) is 0 Å². The van der Waals surface area contributed by atoms with E-state index in [1.165, 1.54) is 26.0 Å². The summed E-state index contributed by atoms with van der Waals surface area (Å²) in [5, 5.41) is 19.2. The summed E-state index contributed by atoms with van der Waals surface area (Å²) in [6.07, 6.45) is -2.33. The Hall–Kier alpha value is -0.980. The molecular formula is C11H14FNO3S. The number of hydrogen-bond donors (Lipinski definition) is 2. The highest BCUT2D eigenvalue weighted by atomic mass is 32.2. The molecule has 94 valence electrons. The Morgan fingerprint density at radius 3 is 2.71 bits per heavy atom. The lowest BCUT2D eigenvalue weighted by atomic mass is 10.1. The fourth-order valence-corrected chi connectivity index (χ4v) is 1.81. The van der Waals surface area contributed by atoms with E-state index in [1.807, 2.05) is 0 Å². The number of halogens is 1. The molecule has 0 aliphatic rings. The Balaban J connectivity index is 2.70. The molecule has 2 N–H and O–H groups in total. The number of aromatic nitrogens is 1. The molecule has 1 heterocycles. The van der Waals surface area contributed by atoms with Gasteiger partial charge in [0.25, 0.3) is 0 Å². The van der Waals surface area contributed by atoms with E-state index in [0.717, 1.165) is 11.8 Å². The average molecular weight is 259 g/mol. The molecule has 1 rings (SSSR count). The fourth-order valence-electron chi connectivity index (χ4n) is 1.22. The van der Waals surface area contributed by atoms with Gasteiger partial charge >= 0.3 is 0 Å². The largest absolute Gasteiger partial charge is 0.389 e. The number of hydrogen-bond acceptors (Lipinski definition) is 5. The third-order valence-electron chi connectivity index (χ3n) is 2.17. The van der Waals surface area contributed by atoms with Gasteiger partial charge in [0, 0.05) is 12.7 Å². The van der Waals surface area contributed by atoms with E-state index in [2.05, 4.69) is 4.98 Å². The number of nitrogens with zero attached hydrogens (tertiary/aromatic N) is 1. The normalized spacial score (nSPS) is 14.4. The van der Waals surface area contributed by atoms with Gasteiger partial charge in [-0.1, -0.05) is 11.8 Å². The summed E-state index contributed by atoms with van der Waals surface area (Å²) in [7, 11) is 0. The number of carbonyl (C=O) groups is 1. The van der Waals surface area contributed by atoms with Gasteiger partial charge in [0.1, 0.15) is 11.9 Å². The fraction of sp³-hybridized carbons (Fsp3) is 0.455. The molecule has 0 aliphatic carbocycles. The van der Waals surface area contributed by atoms with Crippen LogP contribution < -0.4 is 0 Å². The molecule has 0 aromatic carbocycles. The first-order valence-electron chi connectivity index (χ1n) is 5.04. The van der Waals surface area contributed by atoms with Crippen molar-refractivity contribution in [3.8, 4) is 0 Å². The molecule has 1 aromatic rings. The monoisotopic (exact) mass is 259 g/mol. The number of pyridine rings is 1. The Kier molecular flexibility index (Phi) is 5.04. The molecule has 0 bridgehead atoms. The van der Waals surface area contributed by atoms with Crippen LogP contribution in [0.3, 0.4) is 0 Å². The van der Waals surface area contributed by atoms with Crippen LogP contribution in [0.5, 0.6) is 0 Å². The number of thioether (sulfide) groups is 1. The van der Waals surface area contributed by atoms with Crippen LogP contribution in [-0.4, -0.2) is 32.2 Å². The summed E-state index contributed by atoms with van der Waals surface area (Å²) in [5.74, 6) is -0.386. The average Bonchev–Trinajstić information content (AvgIpc) is 2.28. The van der Waals surface area contributed by atoms with Crippen molar-refractivity contribution >= 4 is 16.9 Å². The zero-order valence-electron chi connectivity index (χ0n) is 9.55. The third kappa shape index (κ3) is 4.07. The van der Waals surface area contributed by atoms with Crippen molar-refractivity contribution in [3.05, 3.63) is 29.3 Å². The van der Waals surface area contributed by atoms with Crippen LogP contribution in [0, 0.1) is 12.7 Å². The quantitative estimate of drug-likeness (QED) is 0.850. The maximum absolute atomic E-state index is 13.0. The van der Waals surface area contributed by atoms with Gasteiger partial charge in [-0.2, -0.15) is 0 Å². The van der Waals surface area contributed by atoms with Gasteiger partial charge in [0.05, 0.1) is 17.5 Å². The second kappa shape index (κ2) is 6.09. The van der Waals surface area contributed by atoms with E-state index < -0.39 is 18.0 Å².